The highest BCUT2D eigenvalue weighted by atomic mass is 32.5. The quantitative estimate of drug-likeness (QED) is 0.442. The van der Waals surface area contributed by atoms with Gasteiger partial charge in [0.05, 0.1) is 0 Å². The minimum absolute atomic E-state index is 0.0891. The van der Waals surface area contributed by atoms with Crippen LogP contribution in [0.15, 0.2) is 64.4 Å². The smallest absolute Gasteiger partial charge is 0.312 e. The molecule has 0 aliphatic rings. The molecule has 0 amide bonds. The topological polar surface area (TPSA) is 4.93 Å². The summed E-state index contributed by atoms with van der Waals surface area (Å²) >= 11 is 1.16. The Morgan fingerprint density at radius 2 is 1.61 bits per heavy atom. The third kappa shape index (κ3) is 3.59. The SMILES string of the molecule is FS(F)(F)(F)(F)c1cn(Cc2ccccc2)cc1-c1ccsc1. The summed E-state index contributed by atoms with van der Waals surface area (Å²) in [4.78, 5) is -1.83. The lowest BCUT2D eigenvalue weighted by atomic mass is 10.2. The maximum atomic E-state index is 13.3. The van der Waals surface area contributed by atoms with E-state index in [0.717, 1.165) is 27.7 Å². The Kier molecular flexibility index (Phi) is 3.22. The van der Waals surface area contributed by atoms with E-state index in [1.165, 1.54) is 11.4 Å². The van der Waals surface area contributed by atoms with Gasteiger partial charge in [0.1, 0.15) is 4.90 Å². The fourth-order valence-electron chi connectivity index (χ4n) is 2.31. The van der Waals surface area contributed by atoms with Crippen LogP contribution < -0.4 is 0 Å². The molecule has 1 nitrogen and oxygen atoms in total. The van der Waals surface area contributed by atoms with Gasteiger partial charge in [-0.15, -0.1) is 0 Å². The van der Waals surface area contributed by atoms with Gasteiger partial charge in [0.25, 0.3) is 0 Å². The van der Waals surface area contributed by atoms with Crippen LogP contribution >= 0.6 is 21.6 Å². The van der Waals surface area contributed by atoms with Crippen molar-refractivity contribution in [2.45, 2.75) is 11.4 Å². The predicted molar refractivity (Wildman–Crippen MR) is 84.7 cm³/mol. The summed E-state index contributed by atoms with van der Waals surface area (Å²) in [7, 11) is -9.77. The Balaban J connectivity index is 2.12. The zero-order chi connectivity index (χ0) is 16.8. The van der Waals surface area contributed by atoms with Crippen LogP contribution in [-0.2, 0) is 6.54 Å². The number of hydrogen-bond donors (Lipinski definition) is 0. The number of thiophene rings is 1. The summed E-state index contributed by atoms with van der Waals surface area (Å²) in [6, 6.07) is 10.1. The molecule has 0 bridgehead atoms. The number of aromatic nitrogens is 1. The first-order chi connectivity index (χ1) is 10.5. The van der Waals surface area contributed by atoms with E-state index in [0.29, 0.717) is 6.20 Å². The third-order valence-corrected chi connectivity index (χ3v) is 5.14. The molecule has 0 fully saturated rings. The van der Waals surface area contributed by atoms with E-state index in [9.17, 15) is 19.4 Å². The molecule has 23 heavy (non-hydrogen) atoms. The van der Waals surface area contributed by atoms with Crippen LogP contribution in [0, 0.1) is 0 Å². The molecule has 124 valence electrons. The average Bonchev–Trinajstić information content (AvgIpc) is 3.05. The molecule has 3 rings (SSSR count). The van der Waals surface area contributed by atoms with Crippen LogP contribution in [0.1, 0.15) is 5.56 Å². The molecular weight excluding hydrogens is 353 g/mol. The van der Waals surface area contributed by atoms with Crippen LogP contribution in [-0.4, -0.2) is 4.57 Å². The lowest BCUT2D eigenvalue weighted by Gasteiger charge is -2.40. The van der Waals surface area contributed by atoms with Gasteiger partial charge in [0, 0.05) is 24.5 Å². The molecule has 0 saturated heterocycles. The molecule has 0 aliphatic heterocycles. The van der Waals surface area contributed by atoms with Gasteiger partial charge in [-0.1, -0.05) is 49.8 Å². The Morgan fingerprint density at radius 3 is 2.17 bits per heavy atom. The van der Waals surface area contributed by atoms with Gasteiger partial charge in [0.2, 0.25) is 0 Å². The number of hydrogen-bond acceptors (Lipinski definition) is 1. The van der Waals surface area contributed by atoms with E-state index < -0.39 is 20.7 Å². The van der Waals surface area contributed by atoms with Crippen LogP contribution in [0.4, 0.5) is 19.4 Å². The zero-order valence-electron chi connectivity index (χ0n) is 11.6. The lowest BCUT2D eigenvalue weighted by Crippen LogP contribution is -2.06. The van der Waals surface area contributed by atoms with Crippen molar-refractivity contribution >= 4 is 21.6 Å². The molecule has 0 aliphatic carbocycles. The second kappa shape index (κ2) is 4.61. The van der Waals surface area contributed by atoms with E-state index >= 15 is 0 Å². The fraction of sp³-hybridized carbons (Fsp3) is 0.0667. The maximum absolute atomic E-state index is 13.3. The van der Waals surface area contributed by atoms with Gasteiger partial charge >= 0.3 is 10.2 Å². The first-order valence-electron chi connectivity index (χ1n) is 6.53. The van der Waals surface area contributed by atoms with E-state index in [4.69, 9.17) is 0 Å². The molecule has 2 aromatic heterocycles. The van der Waals surface area contributed by atoms with Crippen molar-refractivity contribution < 1.29 is 19.4 Å². The standard InChI is InChI=1S/C15H12F5NS2/c16-23(17,18,19,20)15-10-21(8-12-4-2-1-3-5-12)9-14(15)13-6-7-22-11-13/h1-7,9-11H,8H2. The van der Waals surface area contributed by atoms with Gasteiger partial charge in [0.15, 0.2) is 0 Å². The highest BCUT2D eigenvalue weighted by Crippen LogP contribution is 3.02. The van der Waals surface area contributed by atoms with Crippen molar-refractivity contribution in [3.8, 4) is 11.1 Å². The summed E-state index contributed by atoms with van der Waals surface area (Å²) in [6.07, 6.45) is 1.63. The van der Waals surface area contributed by atoms with Crippen molar-refractivity contribution in [1.82, 2.24) is 4.57 Å². The molecular formula is C15H12F5NS2. The Labute approximate surface area is 133 Å². The first-order valence-corrected chi connectivity index (χ1v) is 9.43. The molecule has 0 N–H and O–H groups in total. The second-order valence-corrected chi connectivity index (χ2v) is 8.33. The number of benzene rings is 1. The van der Waals surface area contributed by atoms with E-state index in [2.05, 4.69) is 0 Å². The highest BCUT2D eigenvalue weighted by molar-refractivity contribution is 8.45. The lowest BCUT2D eigenvalue weighted by molar-refractivity contribution is 0.364. The monoisotopic (exact) mass is 365 g/mol. The number of halogens is 5. The zero-order valence-corrected chi connectivity index (χ0v) is 13.3. The van der Waals surface area contributed by atoms with Gasteiger partial charge in [-0.25, -0.2) is 0 Å². The van der Waals surface area contributed by atoms with E-state index in [1.54, 1.807) is 35.7 Å². The molecule has 2 heterocycles. The maximum Gasteiger partial charge on any atom is 0.312 e. The van der Waals surface area contributed by atoms with Gasteiger partial charge < -0.3 is 4.57 Å². The van der Waals surface area contributed by atoms with Gasteiger partial charge in [-0.05, 0) is 28.0 Å². The van der Waals surface area contributed by atoms with Crippen LogP contribution in [0.25, 0.3) is 11.1 Å². The highest BCUT2D eigenvalue weighted by Gasteiger charge is 2.67. The summed E-state index contributed by atoms with van der Waals surface area (Å²) < 4.78 is 67.9. The summed E-state index contributed by atoms with van der Waals surface area (Å²) in [5.74, 6) is 0. The van der Waals surface area contributed by atoms with E-state index in [-0.39, 0.29) is 12.1 Å². The molecule has 0 saturated carbocycles. The Hall–Kier alpha value is -1.80. The minimum atomic E-state index is -9.77. The molecule has 0 unspecified atom stereocenters. The summed E-state index contributed by atoms with van der Waals surface area (Å²) in [6.45, 7) is 0.0891. The van der Waals surface area contributed by atoms with Crippen molar-refractivity contribution in [2.75, 3.05) is 0 Å². The molecule has 0 spiro atoms. The van der Waals surface area contributed by atoms with Crippen LogP contribution in [0.2, 0.25) is 0 Å². The second-order valence-electron chi connectivity index (χ2n) is 5.18. The van der Waals surface area contributed by atoms with Gasteiger partial charge in [-0.3, -0.25) is 0 Å². The number of rotatable bonds is 4. The predicted octanol–water partition coefficient (Wildman–Crippen LogP) is 6.92. The molecule has 3 aromatic rings. The molecule has 1 aromatic carbocycles. The van der Waals surface area contributed by atoms with Crippen molar-refractivity contribution in [1.29, 1.82) is 0 Å². The molecule has 0 radical (unpaired) electrons. The van der Waals surface area contributed by atoms with Crippen LogP contribution in [0.5, 0.6) is 0 Å². The Bertz CT molecular complexity index is 821. The minimum Gasteiger partial charge on any atom is -0.348 e. The molecule has 8 heteroatoms. The van der Waals surface area contributed by atoms with Crippen LogP contribution in [0.3, 0.4) is 0 Å². The van der Waals surface area contributed by atoms with Crippen molar-refractivity contribution in [2.24, 2.45) is 0 Å². The van der Waals surface area contributed by atoms with Crippen molar-refractivity contribution in [3.05, 3.63) is 65.1 Å². The fourth-order valence-corrected chi connectivity index (χ4v) is 3.89. The Morgan fingerprint density at radius 1 is 0.913 bits per heavy atom. The largest absolute Gasteiger partial charge is 0.348 e. The molecule has 0 atom stereocenters. The summed E-state index contributed by atoms with van der Waals surface area (Å²) in [5.41, 5.74) is 0.388. The van der Waals surface area contributed by atoms with E-state index in [1.807, 2.05) is 0 Å². The normalized spacial score (nSPS) is 15.2. The van der Waals surface area contributed by atoms with Gasteiger partial charge in [-0.2, -0.15) is 11.3 Å². The number of nitrogens with zero attached hydrogens (tertiary/aromatic N) is 1. The third-order valence-electron chi connectivity index (χ3n) is 3.30. The van der Waals surface area contributed by atoms with Crippen molar-refractivity contribution in [3.63, 3.8) is 0 Å². The first kappa shape index (κ1) is 16.1. The summed E-state index contributed by atoms with van der Waals surface area (Å²) in [5, 5.41) is 2.98. The average molecular weight is 365 g/mol.